The summed E-state index contributed by atoms with van der Waals surface area (Å²) in [6.07, 6.45) is 2.02. The number of carboxylic acid groups (broad SMARTS) is 1. The number of aliphatic carboxylic acids is 1. The van der Waals surface area contributed by atoms with Crippen LogP contribution in [-0.4, -0.2) is 24.2 Å². The van der Waals surface area contributed by atoms with Crippen LogP contribution in [0.3, 0.4) is 0 Å². The van der Waals surface area contributed by atoms with Crippen LogP contribution in [-0.2, 0) is 4.79 Å². The van der Waals surface area contributed by atoms with Crippen molar-refractivity contribution >= 4 is 11.7 Å². The molecule has 0 unspecified atom stereocenters. The van der Waals surface area contributed by atoms with Gasteiger partial charge in [-0.25, -0.2) is 4.79 Å². The molecular weight excluding hydrogens is 256 g/mol. The lowest BCUT2D eigenvalue weighted by molar-refractivity contribution is -0.132. The van der Waals surface area contributed by atoms with E-state index in [2.05, 4.69) is 10.1 Å². The van der Waals surface area contributed by atoms with Crippen molar-refractivity contribution in [3.63, 3.8) is 0 Å². The second-order valence-electron chi connectivity index (χ2n) is 3.67. The zero-order valence-electron chi connectivity index (χ0n) is 10.4. The maximum Gasteiger partial charge on any atom is 0.387 e. The van der Waals surface area contributed by atoms with Gasteiger partial charge in [-0.2, -0.15) is 8.78 Å². The van der Waals surface area contributed by atoms with Crippen molar-refractivity contribution in [2.24, 2.45) is 0 Å². The second-order valence-corrected chi connectivity index (χ2v) is 3.67. The lowest BCUT2D eigenvalue weighted by Crippen LogP contribution is -2.05. The Labute approximate surface area is 109 Å². The second kappa shape index (κ2) is 7.35. The minimum Gasteiger partial charge on any atom is -0.478 e. The third-order valence-corrected chi connectivity index (χ3v) is 2.39. The maximum absolute atomic E-state index is 11.9. The molecule has 0 aliphatic rings. The predicted octanol–water partition coefficient (Wildman–Crippen LogP) is 3.12. The van der Waals surface area contributed by atoms with Crippen molar-refractivity contribution in [2.45, 2.75) is 20.0 Å². The number of hydrogen-bond acceptors (Lipinski definition) is 3. The summed E-state index contributed by atoms with van der Waals surface area (Å²) in [5, 5.41) is 11.8. The first-order chi connectivity index (χ1) is 9.02. The van der Waals surface area contributed by atoms with Gasteiger partial charge in [0.25, 0.3) is 0 Å². The monoisotopic (exact) mass is 271 g/mol. The lowest BCUT2D eigenvalue weighted by Gasteiger charge is -2.07. The first kappa shape index (κ1) is 14.9. The topological polar surface area (TPSA) is 58.6 Å². The molecule has 0 spiro atoms. The smallest absolute Gasteiger partial charge is 0.387 e. The third kappa shape index (κ3) is 5.37. The number of nitrogens with one attached hydrogen (secondary N) is 1. The predicted molar refractivity (Wildman–Crippen MR) is 67.6 cm³/mol. The molecule has 6 heteroatoms. The standard InChI is InChI=1S/C13H15F2NO3/c1-2-9(12(17)18)7-8-16-10-3-5-11(6-4-10)19-13(14)15/h3-7,13,16H,2,8H2,1H3,(H,17,18)/b9-7-. The number of carbonyl (C=O) groups is 1. The number of benzene rings is 1. The van der Waals surface area contributed by atoms with Crippen LogP contribution in [0.5, 0.6) is 5.75 Å². The number of hydrogen-bond donors (Lipinski definition) is 2. The average Bonchev–Trinajstić information content (AvgIpc) is 2.35. The van der Waals surface area contributed by atoms with E-state index in [9.17, 15) is 13.6 Å². The summed E-state index contributed by atoms with van der Waals surface area (Å²) in [5.74, 6) is -0.860. The molecule has 104 valence electrons. The molecule has 0 aliphatic carbocycles. The van der Waals surface area contributed by atoms with Gasteiger partial charge in [0.2, 0.25) is 0 Å². The summed E-state index contributed by atoms with van der Waals surface area (Å²) in [4.78, 5) is 10.7. The van der Waals surface area contributed by atoms with Crippen LogP contribution in [0, 0.1) is 0 Å². The van der Waals surface area contributed by atoms with E-state index in [1.165, 1.54) is 12.1 Å². The van der Waals surface area contributed by atoms with E-state index in [0.29, 0.717) is 24.2 Å². The molecular formula is C13H15F2NO3. The number of halogens is 2. The van der Waals surface area contributed by atoms with Crippen LogP contribution in [0.1, 0.15) is 13.3 Å². The van der Waals surface area contributed by atoms with Crippen LogP contribution >= 0.6 is 0 Å². The third-order valence-electron chi connectivity index (χ3n) is 2.39. The summed E-state index contributed by atoms with van der Waals surface area (Å²) in [6, 6.07) is 5.99. The Hall–Kier alpha value is -2.11. The Morgan fingerprint density at radius 2 is 2.05 bits per heavy atom. The molecule has 0 heterocycles. The SMILES string of the molecule is CC/C(=C/CNc1ccc(OC(F)F)cc1)C(=O)O. The van der Waals surface area contributed by atoms with Crippen molar-refractivity contribution in [2.75, 3.05) is 11.9 Å². The number of alkyl halides is 2. The van der Waals surface area contributed by atoms with Crippen LogP contribution in [0.4, 0.5) is 14.5 Å². The fourth-order valence-electron chi connectivity index (χ4n) is 1.43. The highest BCUT2D eigenvalue weighted by Gasteiger charge is 2.04. The highest BCUT2D eigenvalue weighted by Crippen LogP contribution is 2.17. The highest BCUT2D eigenvalue weighted by molar-refractivity contribution is 5.86. The maximum atomic E-state index is 11.9. The van der Waals surface area contributed by atoms with Crippen molar-refractivity contribution in [1.29, 1.82) is 0 Å². The van der Waals surface area contributed by atoms with E-state index in [1.54, 1.807) is 25.1 Å². The number of anilines is 1. The minimum absolute atomic E-state index is 0.0795. The van der Waals surface area contributed by atoms with E-state index in [-0.39, 0.29) is 5.75 Å². The average molecular weight is 271 g/mol. The fraction of sp³-hybridized carbons (Fsp3) is 0.308. The molecule has 0 saturated heterocycles. The molecule has 0 aliphatic heterocycles. The molecule has 2 N–H and O–H groups in total. The van der Waals surface area contributed by atoms with E-state index in [0.717, 1.165) is 0 Å². The van der Waals surface area contributed by atoms with Gasteiger partial charge in [-0.15, -0.1) is 0 Å². The van der Waals surface area contributed by atoms with E-state index >= 15 is 0 Å². The first-order valence-corrected chi connectivity index (χ1v) is 5.74. The van der Waals surface area contributed by atoms with E-state index in [4.69, 9.17) is 5.11 Å². The molecule has 0 saturated carbocycles. The van der Waals surface area contributed by atoms with Gasteiger partial charge in [-0.3, -0.25) is 0 Å². The van der Waals surface area contributed by atoms with Crippen molar-refractivity contribution < 1.29 is 23.4 Å². The Morgan fingerprint density at radius 3 is 2.53 bits per heavy atom. The van der Waals surface area contributed by atoms with Gasteiger partial charge in [-0.05, 0) is 30.7 Å². The van der Waals surface area contributed by atoms with Crippen molar-refractivity contribution in [3.05, 3.63) is 35.9 Å². The van der Waals surface area contributed by atoms with Gasteiger partial charge in [0, 0.05) is 17.8 Å². The quantitative estimate of drug-likeness (QED) is 0.748. The normalized spacial score (nSPS) is 11.5. The summed E-state index contributed by atoms with van der Waals surface area (Å²) >= 11 is 0. The molecule has 0 atom stereocenters. The number of carboxylic acids is 1. The summed E-state index contributed by atoms with van der Waals surface area (Å²) in [7, 11) is 0. The summed E-state index contributed by atoms with van der Waals surface area (Å²) in [6.45, 7) is -0.731. The zero-order valence-corrected chi connectivity index (χ0v) is 10.4. The zero-order chi connectivity index (χ0) is 14.3. The molecule has 0 fully saturated rings. The van der Waals surface area contributed by atoms with Crippen LogP contribution < -0.4 is 10.1 Å². The largest absolute Gasteiger partial charge is 0.478 e. The Morgan fingerprint density at radius 1 is 1.42 bits per heavy atom. The molecule has 0 bridgehead atoms. The molecule has 4 nitrogen and oxygen atoms in total. The minimum atomic E-state index is -2.84. The van der Waals surface area contributed by atoms with E-state index in [1.807, 2.05) is 0 Å². The fourth-order valence-corrected chi connectivity index (χ4v) is 1.43. The lowest BCUT2D eigenvalue weighted by atomic mass is 10.2. The number of ether oxygens (including phenoxy) is 1. The van der Waals surface area contributed by atoms with Crippen molar-refractivity contribution in [1.82, 2.24) is 0 Å². The van der Waals surface area contributed by atoms with E-state index < -0.39 is 12.6 Å². The van der Waals surface area contributed by atoms with Gasteiger partial charge in [0.15, 0.2) is 0 Å². The Bertz CT molecular complexity index is 444. The van der Waals surface area contributed by atoms with Gasteiger partial charge in [0.1, 0.15) is 5.75 Å². The number of rotatable bonds is 7. The van der Waals surface area contributed by atoms with Gasteiger partial charge < -0.3 is 15.2 Å². The molecule has 1 aromatic rings. The Balaban J connectivity index is 2.52. The van der Waals surface area contributed by atoms with Crippen LogP contribution in [0.2, 0.25) is 0 Å². The molecule has 1 rings (SSSR count). The molecule has 0 aromatic heterocycles. The van der Waals surface area contributed by atoms with Crippen LogP contribution in [0.15, 0.2) is 35.9 Å². The van der Waals surface area contributed by atoms with Gasteiger partial charge in [-0.1, -0.05) is 13.0 Å². The molecule has 1 aromatic carbocycles. The van der Waals surface area contributed by atoms with Crippen molar-refractivity contribution in [3.8, 4) is 5.75 Å². The molecule has 19 heavy (non-hydrogen) atoms. The molecule has 0 amide bonds. The van der Waals surface area contributed by atoms with Gasteiger partial charge in [0.05, 0.1) is 0 Å². The highest BCUT2D eigenvalue weighted by atomic mass is 19.3. The summed E-state index contributed by atoms with van der Waals surface area (Å²) < 4.78 is 28.1. The van der Waals surface area contributed by atoms with Gasteiger partial charge >= 0.3 is 12.6 Å². The Kier molecular flexibility index (Phi) is 5.78. The molecule has 0 radical (unpaired) electrons. The van der Waals surface area contributed by atoms with Crippen LogP contribution in [0.25, 0.3) is 0 Å². The summed E-state index contributed by atoms with van der Waals surface area (Å²) in [5.41, 5.74) is 1.02. The first-order valence-electron chi connectivity index (χ1n) is 5.74.